The summed E-state index contributed by atoms with van der Waals surface area (Å²) in [5, 5.41) is 12.6. The number of pyridine rings is 1. The third kappa shape index (κ3) is 2.53. The normalized spacial score (nSPS) is 9.61. The molecule has 0 aliphatic carbocycles. The number of benzene rings is 1. The molecular weight excluding hydrogens is 250 g/mol. The highest BCUT2D eigenvalue weighted by Gasteiger charge is 2.07. The van der Waals surface area contributed by atoms with E-state index in [1.165, 1.54) is 0 Å². The Bertz CT molecular complexity index is 607. The van der Waals surface area contributed by atoms with Crippen LogP contribution in [0.3, 0.4) is 0 Å². The first kappa shape index (κ1) is 12.2. The minimum Gasteiger partial charge on any atom is -0.495 e. The largest absolute Gasteiger partial charge is 0.495 e. The number of hydrogen-bond donors (Lipinski definition) is 1. The van der Waals surface area contributed by atoms with Gasteiger partial charge in [0.2, 0.25) is 0 Å². The van der Waals surface area contributed by atoms with E-state index in [0.717, 1.165) is 0 Å². The molecule has 18 heavy (non-hydrogen) atoms. The van der Waals surface area contributed by atoms with Crippen LogP contribution in [-0.4, -0.2) is 12.1 Å². The van der Waals surface area contributed by atoms with Crippen molar-refractivity contribution < 1.29 is 4.74 Å². The van der Waals surface area contributed by atoms with Gasteiger partial charge in [0.05, 0.1) is 18.4 Å². The first-order valence-electron chi connectivity index (χ1n) is 5.20. The Morgan fingerprint density at radius 1 is 1.39 bits per heavy atom. The SMILES string of the molecule is COc1ccc(Cl)cc1Nc1ncccc1C#N. The maximum atomic E-state index is 8.99. The Morgan fingerprint density at radius 3 is 2.94 bits per heavy atom. The molecule has 0 atom stereocenters. The first-order valence-corrected chi connectivity index (χ1v) is 5.58. The molecular formula is C13H10ClN3O. The van der Waals surface area contributed by atoms with Crippen molar-refractivity contribution in [1.29, 1.82) is 5.26 Å². The smallest absolute Gasteiger partial charge is 0.148 e. The lowest BCUT2D eigenvalue weighted by atomic mass is 10.2. The first-order chi connectivity index (χ1) is 8.74. The van der Waals surface area contributed by atoms with Gasteiger partial charge in [-0.05, 0) is 30.3 Å². The quantitative estimate of drug-likeness (QED) is 0.918. The Balaban J connectivity index is 2.40. The highest BCUT2D eigenvalue weighted by Crippen LogP contribution is 2.30. The van der Waals surface area contributed by atoms with Crippen molar-refractivity contribution in [3.63, 3.8) is 0 Å². The van der Waals surface area contributed by atoms with Gasteiger partial charge in [-0.2, -0.15) is 5.26 Å². The second-order valence-corrected chi connectivity index (χ2v) is 3.92. The molecule has 0 spiro atoms. The van der Waals surface area contributed by atoms with Crippen molar-refractivity contribution in [2.75, 3.05) is 12.4 Å². The van der Waals surface area contributed by atoms with E-state index in [1.807, 2.05) is 0 Å². The van der Waals surface area contributed by atoms with E-state index in [1.54, 1.807) is 43.6 Å². The maximum absolute atomic E-state index is 8.99. The third-order valence-corrected chi connectivity index (χ3v) is 2.58. The van der Waals surface area contributed by atoms with E-state index in [9.17, 15) is 0 Å². The lowest BCUT2D eigenvalue weighted by molar-refractivity contribution is 0.417. The number of nitrogens with zero attached hydrogens (tertiary/aromatic N) is 2. The maximum Gasteiger partial charge on any atom is 0.148 e. The number of ether oxygens (including phenoxy) is 1. The minimum atomic E-state index is 0.458. The number of rotatable bonds is 3. The van der Waals surface area contributed by atoms with Crippen LogP contribution in [0.25, 0.3) is 0 Å². The van der Waals surface area contributed by atoms with Gasteiger partial charge >= 0.3 is 0 Å². The number of nitriles is 1. The van der Waals surface area contributed by atoms with Crippen molar-refractivity contribution in [1.82, 2.24) is 4.98 Å². The van der Waals surface area contributed by atoms with Crippen LogP contribution in [0.1, 0.15) is 5.56 Å². The zero-order valence-electron chi connectivity index (χ0n) is 9.64. The van der Waals surface area contributed by atoms with E-state index in [4.69, 9.17) is 21.6 Å². The summed E-state index contributed by atoms with van der Waals surface area (Å²) in [5.74, 6) is 1.11. The summed E-state index contributed by atoms with van der Waals surface area (Å²) >= 11 is 5.93. The van der Waals surface area contributed by atoms with Crippen LogP contribution < -0.4 is 10.1 Å². The molecule has 0 bridgehead atoms. The van der Waals surface area contributed by atoms with Crippen molar-refractivity contribution in [2.24, 2.45) is 0 Å². The van der Waals surface area contributed by atoms with E-state index in [0.29, 0.717) is 27.8 Å². The van der Waals surface area contributed by atoms with Crippen LogP contribution in [0.15, 0.2) is 36.5 Å². The number of hydrogen-bond acceptors (Lipinski definition) is 4. The summed E-state index contributed by atoms with van der Waals surface area (Å²) in [5.41, 5.74) is 1.12. The lowest BCUT2D eigenvalue weighted by Crippen LogP contribution is -1.98. The average Bonchev–Trinajstić information content (AvgIpc) is 2.40. The van der Waals surface area contributed by atoms with Gasteiger partial charge in [-0.25, -0.2) is 4.98 Å². The van der Waals surface area contributed by atoms with Crippen LogP contribution in [0, 0.1) is 11.3 Å². The molecule has 4 nitrogen and oxygen atoms in total. The van der Waals surface area contributed by atoms with Gasteiger partial charge in [0.1, 0.15) is 17.6 Å². The van der Waals surface area contributed by atoms with Gasteiger partial charge < -0.3 is 10.1 Å². The number of halogens is 1. The fraction of sp³-hybridized carbons (Fsp3) is 0.0769. The van der Waals surface area contributed by atoms with Crippen LogP contribution >= 0.6 is 11.6 Å². The van der Waals surface area contributed by atoms with Gasteiger partial charge in [0, 0.05) is 11.2 Å². The molecule has 2 aromatic rings. The van der Waals surface area contributed by atoms with E-state index in [-0.39, 0.29) is 0 Å². The van der Waals surface area contributed by atoms with E-state index >= 15 is 0 Å². The number of aromatic nitrogens is 1. The van der Waals surface area contributed by atoms with Crippen molar-refractivity contribution >= 4 is 23.1 Å². The van der Waals surface area contributed by atoms with Crippen molar-refractivity contribution in [3.8, 4) is 11.8 Å². The van der Waals surface area contributed by atoms with Crippen LogP contribution in [0.4, 0.5) is 11.5 Å². The highest BCUT2D eigenvalue weighted by atomic mass is 35.5. The van der Waals surface area contributed by atoms with Gasteiger partial charge in [-0.3, -0.25) is 0 Å². The third-order valence-electron chi connectivity index (χ3n) is 2.34. The van der Waals surface area contributed by atoms with Crippen molar-refractivity contribution in [3.05, 3.63) is 47.1 Å². The average molecular weight is 260 g/mol. The molecule has 0 fully saturated rings. The predicted molar refractivity (Wildman–Crippen MR) is 70.2 cm³/mol. The molecule has 0 aliphatic heterocycles. The topological polar surface area (TPSA) is 57.9 Å². The van der Waals surface area contributed by atoms with Gasteiger partial charge in [-0.1, -0.05) is 11.6 Å². The fourth-order valence-corrected chi connectivity index (χ4v) is 1.67. The lowest BCUT2D eigenvalue weighted by Gasteiger charge is -2.11. The molecule has 1 N–H and O–H groups in total. The molecule has 0 aliphatic rings. The summed E-state index contributed by atoms with van der Waals surface area (Å²) in [6.07, 6.45) is 1.61. The molecule has 0 saturated heterocycles. The van der Waals surface area contributed by atoms with Gasteiger partial charge in [-0.15, -0.1) is 0 Å². The molecule has 1 heterocycles. The Hall–Kier alpha value is -2.25. The summed E-state index contributed by atoms with van der Waals surface area (Å²) in [7, 11) is 1.57. The van der Waals surface area contributed by atoms with Gasteiger partial charge in [0.25, 0.3) is 0 Å². The van der Waals surface area contributed by atoms with E-state index in [2.05, 4.69) is 16.4 Å². The Labute approximate surface area is 110 Å². The molecule has 2 rings (SSSR count). The zero-order valence-corrected chi connectivity index (χ0v) is 10.4. The molecule has 0 unspecified atom stereocenters. The number of nitrogens with one attached hydrogen (secondary N) is 1. The molecule has 1 aromatic carbocycles. The molecule has 0 radical (unpaired) electrons. The monoisotopic (exact) mass is 259 g/mol. The Morgan fingerprint density at radius 2 is 2.22 bits per heavy atom. The number of methoxy groups -OCH3 is 1. The standard InChI is InChI=1S/C13H10ClN3O/c1-18-12-5-4-10(14)7-11(12)17-13-9(8-15)3-2-6-16-13/h2-7H,1H3,(H,16,17). The molecule has 5 heteroatoms. The number of anilines is 2. The highest BCUT2D eigenvalue weighted by molar-refractivity contribution is 6.31. The van der Waals surface area contributed by atoms with Crippen LogP contribution in [0.5, 0.6) is 5.75 Å². The summed E-state index contributed by atoms with van der Waals surface area (Å²) in [6, 6.07) is 10.7. The van der Waals surface area contributed by atoms with Crippen LogP contribution in [0.2, 0.25) is 5.02 Å². The molecule has 0 amide bonds. The summed E-state index contributed by atoms with van der Waals surface area (Å²) in [6.45, 7) is 0. The van der Waals surface area contributed by atoms with Crippen molar-refractivity contribution in [2.45, 2.75) is 0 Å². The molecule has 1 aromatic heterocycles. The van der Waals surface area contributed by atoms with Gasteiger partial charge in [0.15, 0.2) is 0 Å². The second kappa shape index (κ2) is 5.39. The molecule has 90 valence electrons. The molecule has 0 saturated carbocycles. The Kier molecular flexibility index (Phi) is 3.66. The zero-order chi connectivity index (χ0) is 13.0. The second-order valence-electron chi connectivity index (χ2n) is 3.48. The predicted octanol–water partition coefficient (Wildman–Crippen LogP) is 3.36. The minimum absolute atomic E-state index is 0.458. The van der Waals surface area contributed by atoms with E-state index < -0.39 is 0 Å². The van der Waals surface area contributed by atoms with Crippen LogP contribution in [-0.2, 0) is 0 Å². The summed E-state index contributed by atoms with van der Waals surface area (Å²) in [4.78, 5) is 4.12. The fourth-order valence-electron chi connectivity index (χ4n) is 1.50. The summed E-state index contributed by atoms with van der Waals surface area (Å²) < 4.78 is 5.21.